The highest BCUT2D eigenvalue weighted by Gasteiger charge is 2.04. The summed E-state index contributed by atoms with van der Waals surface area (Å²) in [5.74, 6) is 0. The molecule has 3 aromatic rings. The molecule has 0 aliphatic heterocycles. The molecule has 3 heteroatoms. The van der Waals surface area contributed by atoms with Crippen molar-refractivity contribution in [1.82, 2.24) is 4.98 Å². The largest absolute Gasteiger partial charge is 0.265 e. The number of hydrogen-bond donors (Lipinski definition) is 0. The zero-order valence-corrected chi connectivity index (χ0v) is 12.5. The van der Waals surface area contributed by atoms with Gasteiger partial charge in [0.1, 0.15) is 0 Å². The summed E-state index contributed by atoms with van der Waals surface area (Å²) in [5, 5.41) is 0. The highest BCUT2D eigenvalue weighted by Crippen LogP contribution is 2.16. The van der Waals surface area contributed by atoms with Gasteiger partial charge in [0, 0.05) is 34.6 Å². The maximum absolute atomic E-state index is 4.04. The van der Waals surface area contributed by atoms with E-state index in [0.29, 0.717) is 0 Å². The first-order chi connectivity index (χ1) is 9.81. The fraction of sp³-hybridized carbons (Fsp3) is 0.0588. The van der Waals surface area contributed by atoms with Crippen LogP contribution in [0.25, 0.3) is 11.1 Å². The third kappa shape index (κ3) is 3.11. The fourth-order valence-corrected chi connectivity index (χ4v) is 2.36. The lowest BCUT2D eigenvalue weighted by Crippen LogP contribution is -2.32. The van der Waals surface area contributed by atoms with Crippen molar-refractivity contribution in [3.63, 3.8) is 0 Å². The van der Waals surface area contributed by atoms with Gasteiger partial charge in [-0.25, -0.2) is 4.57 Å². The molecule has 20 heavy (non-hydrogen) atoms. The molecule has 0 N–H and O–H groups in total. The maximum atomic E-state index is 4.04. The monoisotopic (exact) mass is 325 g/mol. The molecule has 0 aliphatic carbocycles. The predicted molar refractivity (Wildman–Crippen MR) is 83.1 cm³/mol. The van der Waals surface area contributed by atoms with Gasteiger partial charge in [0.2, 0.25) is 0 Å². The van der Waals surface area contributed by atoms with Crippen LogP contribution in [0.3, 0.4) is 0 Å². The highest BCUT2D eigenvalue weighted by molar-refractivity contribution is 9.10. The molecule has 2 aromatic heterocycles. The zero-order chi connectivity index (χ0) is 13.8. The van der Waals surface area contributed by atoms with Gasteiger partial charge in [-0.2, -0.15) is 0 Å². The van der Waals surface area contributed by atoms with Crippen LogP contribution in [0.4, 0.5) is 0 Å². The summed E-state index contributed by atoms with van der Waals surface area (Å²) in [5.41, 5.74) is 3.69. The normalized spacial score (nSPS) is 10.4. The molecule has 0 fully saturated rings. The molecule has 0 aliphatic rings. The van der Waals surface area contributed by atoms with E-state index in [1.165, 1.54) is 16.7 Å². The second-order valence-electron chi connectivity index (χ2n) is 4.62. The minimum Gasteiger partial charge on any atom is -0.265 e. The predicted octanol–water partition coefficient (Wildman–Crippen LogP) is 3.85. The minimum atomic E-state index is 0.879. The van der Waals surface area contributed by atoms with Crippen LogP contribution in [-0.4, -0.2) is 4.98 Å². The van der Waals surface area contributed by atoms with Crippen molar-refractivity contribution in [2.24, 2.45) is 0 Å². The summed E-state index contributed by atoms with van der Waals surface area (Å²) in [6.45, 7) is 0.879. The van der Waals surface area contributed by atoms with Crippen LogP contribution in [0, 0.1) is 0 Å². The lowest BCUT2D eigenvalue weighted by atomic mass is 10.1. The molecule has 3 rings (SSSR count). The van der Waals surface area contributed by atoms with Crippen molar-refractivity contribution in [3.8, 4) is 11.1 Å². The highest BCUT2D eigenvalue weighted by atomic mass is 79.9. The Bertz CT molecular complexity index is 676. The molecule has 0 bridgehead atoms. The second kappa shape index (κ2) is 5.97. The number of halogens is 1. The van der Waals surface area contributed by atoms with Crippen molar-refractivity contribution < 1.29 is 4.57 Å². The number of nitrogens with zero attached hydrogens (tertiary/aromatic N) is 2. The first-order valence-corrected chi connectivity index (χ1v) is 7.24. The molecular formula is C17H14BrN2+. The van der Waals surface area contributed by atoms with E-state index in [0.717, 1.165) is 11.0 Å². The second-order valence-corrected chi connectivity index (χ2v) is 5.54. The van der Waals surface area contributed by atoms with Crippen molar-refractivity contribution >= 4 is 15.9 Å². The molecule has 0 saturated heterocycles. The lowest BCUT2D eigenvalue weighted by molar-refractivity contribution is -0.688. The number of pyridine rings is 2. The van der Waals surface area contributed by atoms with E-state index < -0.39 is 0 Å². The van der Waals surface area contributed by atoms with Crippen molar-refractivity contribution in [3.05, 3.63) is 83.4 Å². The molecule has 0 unspecified atom stereocenters. The van der Waals surface area contributed by atoms with Gasteiger partial charge in [-0.3, -0.25) is 4.98 Å². The summed E-state index contributed by atoms with van der Waals surface area (Å²) in [6, 6.07) is 16.7. The topological polar surface area (TPSA) is 16.8 Å². The Labute approximate surface area is 126 Å². The summed E-state index contributed by atoms with van der Waals surface area (Å²) >= 11 is 3.45. The van der Waals surface area contributed by atoms with Crippen LogP contribution in [-0.2, 0) is 6.54 Å². The number of benzene rings is 1. The third-order valence-electron chi connectivity index (χ3n) is 3.18. The van der Waals surface area contributed by atoms with E-state index in [1.807, 2.05) is 24.5 Å². The standard InChI is InChI=1S/C17H14BrN2/c18-17-3-1-14(2-4-17)13-20-11-7-16(8-12-20)15-5-9-19-10-6-15/h1-12H,13H2/q+1. The van der Waals surface area contributed by atoms with Crippen molar-refractivity contribution in [1.29, 1.82) is 0 Å². The van der Waals surface area contributed by atoms with Crippen molar-refractivity contribution in [2.45, 2.75) is 6.54 Å². The van der Waals surface area contributed by atoms with Crippen LogP contribution in [0.5, 0.6) is 0 Å². The Kier molecular flexibility index (Phi) is 3.88. The zero-order valence-electron chi connectivity index (χ0n) is 10.9. The Morgan fingerprint density at radius 1 is 0.800 bits per heavy atom. The molecule has 1 aromatic carbocycles. The summed E-state index contributed by atoms with van der Waals surface area (Å²) in [7, 11) is 0. The van der Waals surface area contributed by atoms with Crippen molar-refractivity contribution in [2.75, 3.05) is 0 Å². The van der Waals surface area contributed by atoms with Gasteiger partial charge in [0.15, 0.2) is 18.9 Å². The Hall–Kier alpha value is -2.00. The first kappa shape index (κ1) is 13.0. The summed E-state index contributed by atoms with van der Waals surface area (Å²) < 4.78 is 3.28. The molecule has 0 spiro atoms. The molecule has 0 atom stereocenters. The molecule has 0 amide bonds. The Morgan fingerprint density at radius 2 is 1.40 bits per heavy atom. The Balaban J connectivity index is 1.78. The average molecular weight is 326 g/mol. The van der Waals surface area contributed by atoms with Crippen LogP contribution in [0.1, 0.15) is 5.56 Å². The molecule has 2 heterocycles. The average Bonchev–Trinajstić information content (AvgIpc) is 2.51. The van der Waals surface area contributed by atoms with E-state index in [1.54, 1.807) is 0 Å². The van der Waals surface area contributed by atoms with E-state index in [2.05, 4.69) is 74.3 Å². The van der Waals surface area contributed by atoms with E-state index in [-0.39, 0.29) is 0 Å². The smallest absolute Gasteiger partial charge is 0.173 e. The van der Waals surface area contributed by atoms with Gasteiger partial charge in [0.25, 0.3) is 0 Å². The molecule has 98 valence electrons. The van der Waals surface area contributed by atoms with Crippen LogP contribution < -0.4 is 4.57 Å². The van der Waals surface area contributed by atoms with Gasteiger partial charge in [0.05, 0.1) is 0 Å². The SMILES string of the molecule is Brc1ccc(C[n+]2ccc(-c3ccncc3)cc2)cc1. The number of rotatable bonds is 3. The van der Waals surface area contributed by atoms with Gasteiger partial charge in [-0.15, -0.1) is 0 Å². The van der Waals surface area contributed by atoms with Gasteiger partial charge >= 0.3 is 0 Å². The van der Waals surface area contributed by atoms with Gasteiger partial charge in [-0.1, -0.05) is 28.1 Å². The third-order valence-corrected chi connectivity index (χ3v) is 3.71. The lowest BCUT2D eigenvalue weighted by Gasteiger charge is -2.01. The van der Waals surface area contributed by atoms with E-state index >= 15 is 0 Å². The van der Waals surface area contributed by atoms with Gasteiger partial charge in [-0.05, 0) is 35.4 Å². The van der Waals surface area contributed by atoms with Crippen LogP contribution in [0.2, 0.25) is 0 Å². The molecule has 0 saturated carbocycles. The molecule has 0 radical (unpaired) electrons. The maximum Gasteiger partial charge on any atom is 0.173 e. The number of aromatic nitrogens is 2. The van der Waals surface area contributed by atoms with Crippen LogP contribution >= 0.6 is 15.9 Å². The first-order valence-electron chi connectivity index (χ1n) is 6.45. The van der Waals surface area contributed by atoms with Gasteiger partial charge < -0.3 is 0 Å². The summed E-state index contributed by atoms with van der Waals surface area (Å²) in [4.78, 5) is 4.04. The number of hydrogen-bond acceptors (Lipinski definition) is 1. The quantitative estimate of drug-likeness (QED) is 0.668. The molecule has 2 nitrogen and oxygen atoms in total. The summed E-state index contributed by atoms with van der Waals surface area (Å²) in [6.07, 6.45) is 7.85. The van der Waals surface area contributed by atoms with E-state index in [4.69, 9.17) is 0 Å². The fourth-order valence-electron chi connectivity index (χ4n) is 2.10. The minimum absolute atomic E-state index is 0.879. The Morgan fingerprint density at radius 3 is 2.05 bits per heavy atom. The van der Waals surface area contributed by atoms with Crippen LogP contribution in [0.15, 0.2) is 77.8 Å². The molecular weight excluding hydrogens is 312 g/mol. The van der Waals surface area contributed by atoms with E-state index in [9.17, 15) is 0 Å².